The van der Waals surface area contributed by atoms with Gasteiger partial charge in [0.05, 0.1) is 0 Å². The summed E-state index contributed by atoms with van der Waals surface area (Å²) in [6.45, 7) is 6.12. The van der Waals surface area contributed by atoms with Crippen LogP contribution in [-0.2, 0) is 6.42 Å². The lowest BCUT2D eigenvalue weighted by atomic mass is 10.0. The lowest BCUT2D eigenvalue weighted by molar-refractivity contribution is 0.0952. The van der Waals surface area contributed by atoms with Crippen molar-refractivity contribution in [1.82, 2.24) is 5.32 Å². The molecule has 0 saturated heterocycles. The summed E-state index contributed by atoms with van der Waals surface area (Å²) >= 11 is 0. The van der Waals surface area contributed by atoms with E-state index in [0.29, 0.717) is 5.92 Å². The number of amides is 1. The van der Waals surface area contributed by atoms with E-state index in [2.05, 4.69) is 24.5 Å². The fourth-order valence-corrected chi connectivity index (χ4v) is 2.19. The molecule has 0 saturated carbocycles. The number of anilines is 1. The highest BCUT2D eigenvalue weighted by Crippen LogP contribution is 2.22. The molecule has 0 radical (unpaired) electrons. The second-order valence-corrected chi connectivity index (χ2v) is 5.34. The van der Waals surface area contributed by atoms with Crippen LogP contribution in [0.2, 0.25) is 0 Å². The molecule has 0 spiro atoms. The largest absolute Gasteiger partial charge is 0.385 e. The Hall–Kier alpha value is -1.51. The van der Waals surface area contributed by atoms with E-state index >= 15 is 0 Å². The average Bonchev–Trinajstić information content (AvgIpc) is 2.37. The lowest BCUT2D eigenvalue weighted by Gasteiger charge is -2.18. The minimum absolute atomic E-state index is 0.0454. The van der Waals surface area contributed by atoms with E-state index in [1.807, 2.05) is 18.2 Å². The molecule has 0 bridgehead atoms. The molecule has 2 N–H and O–H groups in total. The van der Waals surface area contributed by atoms with Gasteiger partial charge in [0.1, 0.15) is 0 Å². The predicted molar refractivity (Wildman–Crippen MR) is 75.0 cm³/mol. The number of carbonyl (C=O) groups excluding carboxylic acids is 1. The molecule has 98 valence electrons. The fourth-order valence-electron chi connectivity index (χ4n) is 2.19. The highest BCUT2D eigenvalue weighted by atomic mass is 16.1. The highest BCUT2D eigenvalue weighted by molar-refractivity contribution is 5.94. The SMILES string of the molecule is CC(C)CCNC(=O)c1ccc2c(c1)CCCN2. The van der Waals surface area contributed by atoms with Crippen LogP contribution in [0.5, 0.6) is 0 Å². The Bertz CT molecular complexity index is 427. The average molecular weight is 246 g/mol. The molecule has 1 aromatic carbocycles. The highest BCUT2D eigenvalue weighted by Gasteiger charge is 2.12. The quantitative estimate of drug-likeness (QED) is 0.857. The first-order valence-corrected chi connectivity index (χ1v) is 6.82. The summed E-state index contributed by atoms with van der Waals surface area (Å²) in [5, 5.41) is 6.33. The van der Waals surface area contributed by atoms with E-state index in [1.54, 1.807) is 0 Å². The Morgan fingerprint density at radius 3 is 3.06 bits per heavy atom. The molecule has 3 heteroatoms. The number of rotatable bonds is 4. The van der Waals surface area contributed by atoms with Gasteiger partial charge in [-0.05, 0) is 48.9 Å². The van der Waals surface area contributed by atoms with Crippen LogP contribution < -0.4 is 10.6 Å². The molecule has 1 amide bonds. The number of nitrogens with one attached hydrogen (secondary N) is 2. The van der Waals surface area contributed by atoms with Crippen molar-refractivity contribution < 1.29 is 4.79 Å². The number of aryl methyl sites for hydroxylation is 1. The maximum Gasteiger partial charge on any atom is 0.251 e. The van der Waals surface area contributed by atoms with Crippen molar-refractivity contribution in [2.45, 2.75) is 33.1 Å². The zero-order valence-electron chi connectivity index (χ0n) is 11.3. The van der Waals surface area contributed by atoms with E-state index in [0.717, 1.165) is 37.9 Å². The van der Waals surface area contributed by atoms with Crippen molar-refractivity contribution >= 4 is 11.6 Å². The van der Waals surface area contributed by atoms with E-state index in [9.17, 15) is 4.79 Å². The maximum absolute atomic E-state index is 12.0. The Morgan fingerprint density at radius 1 is 1.44 bits per heavy atom. The minimum atomic E-state index is 0.0454. The third kappa shape index (κ3) is 3.25. The predicted octanol–water partition coefficient (Wildman–Crippen LogP) is 2.82. The van der Waals surface area contributed by atoms with Crippen molar-refractivity contribution in [1.29, 1.82) is 0 Å². The third-order valence-corrected chi connectivity index (χ3v) is 3.31. The Balaban J connectivity index is 1.98. The van der Waals surface area contributed by atoms with E-state index in [1.165, 1.54) is 11.3 Å². The van der Waals surface area contributed by atoms with Gasteiger partial charge in [-0.2, -0.15) is 0 Å². The van der Waals surface area contributed by atoms with Crippen LogP contribution in [0.4, 0.5) is 5.69 Å². The first-order chi connectivity index (χ1) is 8.66. The van der Waals surface area contributed by atoms with Crippen LogP contribution in [0.15, 0.2) is 18.2 Å². The molecule has 0 atom stereocenters. The summed E-state index contributed by atoms with van der Waals surface area (Å²) in [4.78, 5) is 12.0. The summed E-state index contributed by atoms with van der Waals surface area (Å²) in [6, 6.07) is 5.94. The summed E-state index contributed by atoms with van der Waals surface area (Å²) in [7, 11) is 0. The van der Waals surface area contributed by atoms with Crippen molar-refractivity contribution in [3.05, 3.63) is 29.3 Å². The normalized spacial score (nSPS) is 13.9. The molecule has 0 aliphatic carbocycles. The number of hydrogen-bond acceptors (Lipinski definition) is 2. The zero-order valence-corrected chi connectivity index (χ0v) is 11.3. The van der Waals surface area contributed by atoms with Gasteiger partial charge < -0.3 is 10.6 Å². The van der Waals surface area contributed by atoms with Gasteiger partial charge in [0.15, 0.2) is 0 Å². The molecule has 0 unspecified atom stereocenters. The van der Waals surface area contributed by atoms with Crippen molar-refractivity contribution in [2.75, 3.05) is 18.4 Å². The standard InChI is InChI=1S/C15H22N2O/c1-11(2)7-9-17-15(18)13-5-6-14-12(10-13)4-3-8-16-14/h5-6,10-11,16H,3-4,7-9H2,1-2H3,(H,17,18). The van der Waals surface area contributed by atoms with Crippen molar-refractivity contribution in [2.24, 2.45) is 5.92 Å². The molecule has 0 fully saturated rings. The Labute approximate surface area is 109 Å². The van der Waals surface area contributed by atoms with E-state index in [4.69, 9.17) is 0 Å². The topological polar surface area (TPSA) is 41.1 Å². The summed E-state index contributed by atoms with van der Waals surface area (Å²) in [6.07, 6.45) is 3.24. The van der Waals surface area contributed by atoms with Crippen molar-refractivity contribution in [3.8, 4) is 0 Å². The first-order valence-electron chi connectivity index (χ1n) is 6.82. The molecule has 2 rings (SSSR count). The monoisotopic (exact) mass is 246 g/mol. The molecule has 3 nitrogen and oxygen atoms in total. The smallest absolute Gasteiger partial charge is 0.251 e. The molecule has 1 aliphatic rings. The molecule has 1 aliphatic heterocycles. The first kappa shape index (κ1) is 12.9. The lowest BCUT2D eigenvalue weighted by Crippen LogP contribution is -2.25. The second kappa shape index (κ2) is 5.89. The Morgan fingerprint density at radius 2 is 2.28 bits per heavy atom. The van der Waals surface area contributed by atoms with Gasteiger partial charge in [0.2, 0.25) is 0 Å². The molecular weight excluding hydrogens is 224 g/mol. The fraction of sp³-hybridized carbons (Fsp3) is 0.533. The second-order valence-electron chi connectivity index (χ2n) is 5.34. The van der Waals surface area contributed by atoms with Crippen LogP contribution in [0.3, 0.4) is 0 Å². The third-order valence-electron chi connectivity index (χ3n) is 3.31. The maximum atomic E-state index is 12.0. The number of fused-ring (bicyclic) bond motifs is 1. The van der Waals surface area contributed by atoms with Gasteiger partial charge in [-0.25, -0.2) is 0 Å². The van der Waals surface area contributed by atoms with Gasteiger partial charge in [-0.15, -0.1) is 0 Å². The summed E-state index contributed by atoms with van der Waals surface area (Å²) in [5.41, 5.74) is 3.22. The molecule has 1 heterocycles. The molecular formula is C15H22N2O. The summed E-state index contributed by atoms with van der Waals surface area (Å²) < 4.78 is 0. The van der Waals surface area contributed by atoms with Gasteiger partial charge >= 0.3 is 0 Å². The molecule has 18 heavy (non-hydrogen) atoms. The van der Waals surface area contributed by atoms with Gasteiger partial charge in [-0.3, -0.25) is 4.79 Å². The molecule has 1 aromatic rings. The minimum Gasteiger partial charge on any atom is -0.385 e. The van der Waals surface area contributed by atoms with Crippen LogP contribution in [0.25, 0.3) is 0 Å². The van der Waals surface area contributed by atoms with Gasteiger partial charge in [-0.1, -0.05) is 13.8 Å². The van der Waals surface area contributed by atoms with Gasteiger partial charge in [0, 0.05) is 24.3 Å². The Kier molecular flexibility index (Phi) is 4.24. The zero-order chi connectivity index (χ0) is 13.0. The van der Waals surface area contributed by atoms with Crippen LogP contribution in [0.1, 0.15) is 42.6 Å². The van der Waals surface area contributed by atoms with Crippen LogP contribution in [-0.4, -0.2) is 19.0 Å². The van der Waals surface area contributed by atoms with Crippen molar-refractivity contribution in [3.63, 3.8) is 0 Å². The van der Waals surface area contributed by atoms with Crippen LogP contribution >= 0.6 is 0 Å². The number of hydrogen-bond donors (Lipinski definition) is 2. The van der Waals surface area contributed by atoms with Crippen LogP contribution in [0, 0.1) is 5.92 Å². The van der Waals surface area contributed by atoms with E-state index < -0.39 is 0 Å². The number of benzene rings is 1. The number of carbonyl (C=O) groups is 1. The molecule has 0 aromatic heterocycles. The van der Waals surface area contributed by atoms with E-state index in [-0.39, 0.29) is 5.91 Å². The van der Waals surface area contributed by atoms with Gasteiger partial charge in [0.25, 0.3) is 5.91 Å². The summed E-state index contributed by atoms with van der Waals surface area (Å²) in [5.74, 6) is 0.669.